The molecule has 0 fully saturated rings. The number of nitrogens with zero attached hydrogens (tertiary/aromatic N) is 1. The number of alkyl halides is 3. The molecule has 3 aromatic rings. The number of rotatable bonds is 1. The molecule has 0 radical (unpaired) electrons. The number of nitrogens with two attached hydrogens (primary N) is 1. The maximum Gasteiger partial charge on any atom is 0.417 e. The Bertz CT molecular complexity index is 757. The number of hydrogen-bond acceptors (Lipinski definition) is 2. The second-order valence-corrected chi connectivity index (χ2v) is 4.41. The molecule has 3 nitrogen and oxygen atoms in total. The Balaban J connectivity index is 2.29. The molecule has 20 heavy (non-hydrogen) atoms. The second kappa shape index (κ2) is 4.26. The summed E-state index contributed by atoms with van der Waals surface area (Å²) in [5, 5.41) is 0.122. The molecule has 2 heterocycles. The maximum absolute atomic E-state index is 13.1. The van der Waals surface area contributed by atoms with Crippen LogP contribution in [0.25, 0.3) is 22.2 Å². The zero-order valence-corrected chi connectivity index (χ0v) is 10.2. The average molecular weight is 277 g/mol. The van der Waals surface area contributed by atoms with Crippen molar-refractivity contribution < 1.29 is 13.2 Å². The Morgan fingerprint density at radius 2 is 1.90 bits per heavy atom. The quantitative estimate of drug-likeness (QED) is 0.710. The topological polar surface area (TPSA) is 54.7 Å². The summed E-state index contributed by atoms with van der Waals surface area (Å²) >= 11 is 0. The van der Waals surface area contributed by atoms with Crippen molar-refractivity contribution in [2.75, 3.05) is 5.73 Å². The highest BCUT2D eigenvalue weighted by Gasteiger charge is 2.33. The Hall–Kier alpha value is -2.50. The van der Waals surface area contributed by atoms with Crippen molar-refractivity contribution >= 4 is 16.6 Å². The van der Waals surface area contributed by atoms with Gasteiger partial charge in [-0.05, 0) is 24.3 Å². The fourth-order valence-electron chi connectivity index (χ4n) is 2.19. The number of halogens is 3. The number of fused-ring (bicyclic) bond motifs is 1. The molecule has 0 unspecified atom stereocenters. The first-order valence-electron chi connectivity index (χ1n) is 5.86. The van der Waals surface area contributed by atoms with E-state index in [1.54, 1.807) is 18.2 Å². The summed E-state index contributed by atoms with van der Waals surface area (Å²) in [6.45, 7) is 0. The second-order valence-electron chi connectivity index (χ2n) is 4.41. The zero-order chi connectivity index (χ0) is 14.3. The van der Waals surface area contributed by atoms with Gasteiger partial charge >= 0.3 is 6.18 Å². The number of benzene rings is 1. The minimum atomic E-state index is -4.41. The summed E-state index contributed by atoms with van der Waals surface area (Å²) < 4.78 is 39.3. The molecule has 102 valence electrons. The Kier molecular flexibility index (Phi) is 2.67. The summed E-state index contributed by atoms with van der Waals surface area (Å²) in [7, 11) is 0. The largest absolute Gasteiger partial charge is 0.417 e. The molecule has 0 saturated heterocycles. The van der Waals surface area contributed by atoms with Gasteiger partial charge in [0.25, 0.3) is 0 Å². The smallest absolute Gasteiger partial charge is 0.397 e. The van der Waals surface area contributed by atoms with Crippen molar-refractivity contribution in [1.29, 1.82) is 0 Å². The van der Waals surface area contributed by atoms with Crippen LogP contribution in [0, 0.1) is 0 Å². The minimum Gasteiger partial charge on any atom is -0.397 e. The van der Waals surface area contributed by atoms with Crippen molar-refractivity contribution in [2.45, 2.75) is 6.18 Å². The Morgan fingerprint density at radius 3 is 2.55 bits per heavy atom. The van der Waals surface area contributed by atoms with Crippen LogP contribution in [0.2, 0.25) is 0 Å². The lowest BCUT2D eigenvalue weighted by Crippen LogP contribution is -2.05. The number of nitrogens with one attached hydrogen (secondary N) is 1. The number of anilines is 1. The highest BCUT2D eigenvalue weighted by Crippen LogP contribution is 2.39. The van der Waals surface area contributed by atoms with E-state index in [9.17, 15) is 13.2 Å². The van der Waals surface area contributed by atoms with E-state index in [2.05, 4.69) is 9.97 Å². The molecular formula is C14H10F3N3. The number of aromatic amines is 1. The van der Waals surface area contributed by atoms with Crippen LogP contribution < -0.4 is 5.73 Å². The van der Waals surface area contributed by atoms with E-state index >= 15 is 0 Å². The molecule has 1 aromatic carbocycles. The van der Waals surface area contributed by atoms with E-state index in [4.69, 9.17) is 5.73 Å². The van der Waals surface area contributed by atoms with Crippen molar-refractivity contribution in [1.82, 2.24) is 9.97 Å². The van der Waals surface area contributed by atoms with Crippen LogP contribution in [0.15, 0.2) is 42.7 Å². The Labute approximate surface area is 112 Å². The van der Waals surface area contributed by atoms with Crippen LogP contribution in [-0.4, -0.2) is 9.97 Å². The van der Waals surface area contributed by atoms with Gasteiger partial charge in [-0.15, -0.1) is 0 Å². The fourth-order valence-corrected chi connectivity index (χ4v) is 2.19. The standard InChI is InChI=1S/C14H10F3N3/c15-14(16,17)10-2-1-3-12-13(10)9(7-20-12)11-5-4-8(18)6-19-11/h1-7,20H,18H2. The van der Waals surface area contributed by atoms with Gasteiger partial charge in [0.1, 0.15) is 0 Å². The van der Waals surface area contributed by atoms with Crippen molar-refractivity contribution in [3.8, 4) is 11.3 Å². The maximum atomic E-state index is 13.1. The minimum absolute atomic E-state index is 0.122. The van der Waals surface area contributed by atoms with Crippen LogP contribution in [0.3, 0.4) is 0 Å². The van der Waals surface area contributed by atoms with Crippen molar-refractivity contribution in [3.63, 3.8) is 0 Å². The highest BCUT2D eigenvalue weighted by atomic mass is 19.4. The third-order valence-corrected chi connectivity index (χ3v) is 3.07. The third kappa shape index (κ3) is 1.99. The average Bonchev–Trinajstić information content (AvgIpc) is 2.82. The van der Waals surface area contributed by atoms with Gasteiger partial charge in [-0.25, -0.2) is 0 Å². The molecule has 0 aliphatic carbocycles. The van der Waals surface area contributed by atoms with Gasteiger partial charge in [0.05, 0.1) is 23.1 Å². The van der Waals surface area contributed by atoms with Crippen LogP contribution in [0.4, 0.5) is 18.9 Å². The van der Waals surface area contributed by atoms with Crippen molar-refractivity contribution in [2.24, 2.45) is 0 Å². The molecule has 3 rings (SSSR count). The fraction of sp³-hybridized carbons (Fsp3) is 0.0714. The first-order chi connectivity index (χ1) is 9.47. The van der Waals surface area contributed by atoms with Gasteiger partial charge in [0, 0.05) is 22.7 Å². The van der Waals surface area contributed by atoms with E-state index in [1.807, 2.05) is 0 Å². The molecule has 6 heteroatoms. The summed E-state index contributed by atoms with van der Waals surface area (Å²) in [6, 6.07) is 7.26. The molecule has 0 aliphatic rings. The van der Waals surface area contributed by atoms with Crippen LogP contribution in [0.1, 0.15) is 5.56 Å². The van der Waals surface area contributed by atoms with E-state index < -0.39 is 11.7 Å². The third-order valence-electron chi connectivity index (χ3n) is 3.07. The van der Waals surface area contributed by atoms with Gasteiger partial charge in [-0.1, -0.05) is 6.07 Å². The lowest BCUT2D eigenvalue weighted by atomic mass is 10.0. The highest BCUT2D eigenvalue weighted by molar-refractivity contribution is 5.97. The molecule has 0 spiro atoms. The number of pyridine rings is 1. The van der Waals surface area contributed by atoms with Gasteiger partial charge in [-0.2, -0.15) is 13.2 Å². The molecule has 3 N–H and O–H groups in total. The monoisotopic (exact) mass is 277 g/mol. The Morgan fingerprint density at radius 1 is 1.10 bits per heavy atom. The van der Waals surface area contributed by atoms with Crippen molar-refractivity contribution in [3.05, 3.63) is 48.3 Å². The SMILES string of the molecule is Nc1ccc(-c2c[nH]c3cccc(C(F)(F)F)c23)nc1. The lowest BCUT2D eigenvalue weighted by molar-refractivity contribution is -0.136. The summed E-state index contributed by atoms with van der Waals surface area (Å²) in [5.74, 6) is 0. The summed E-state index contributed by atoms with van der Waals surface area (Å²) in [4.78, 5) is 6.92. The zero-order valence-electron chi connectivity index (χ0n) is 10.2. The predicted octanol–water partition coefficient (Wildman–Crippen LogP) is 3.83. The first-order valence-corrected chi connectivity index (χ1v) is 5.86. The van der Waals surface area contributed by atoms with Gasteiger partial charge in [0.2, 0.25) is 0 Å². The molecule has 0 atom stereocenters. The summed E-state index contributed by atoms with van der Waals surface area (Å²) in [6.07, 6.45) is -1.47. The first kappa shape index (κ1) is 12.5. The molecule has 0 bridgehead atoms. The number of aromatic nitrogens is 2. The molecule has 2 aromatic heterocycles. The van der Waals surface area contributed by atoms with Crippen LogP contribution in [-0.2, 0) is 6.18 Å². The molecule has 0 saturated carbocycles. The van der Waals surface area contributed by atoms with E-state index in [0.29, 0.717) is 22.5 Å². The van der Waals surface area contributed by atoms with Crippen LogP contribution in [0.5, 0.6) is 0 Å². The molecular weight excluding hydrogens is 267 g/mol. The number of H-pyrrole nitrogens is 1. The van der Waals surface area contributed by atoms with E-state index in [0.717, 1.165) is 6.07 Å². The number of hydrogen-bond donors (Lipinski definition) is 2. The molecule has 0 amide bonds. The van der Waals surface area contributed by atoms with E-state index in [1.165, 1.54) is 18.5 Å². The number of nitrogen functional groups attached to an aromatic ring is 1. The molecule has 0 aliphatic heterocycles. The van der Waals surface area contributed by atoms with Crippen LogP contribution >= 0.6 is 0 Å². The summed E-state index contributed by atoms with van der Waals surface area (Å²) in [5.41, 5.74) is 6.61. The lowest BCUT2D eigenvalue weighted by Gasteiger charge is -2.09. The van der Waals surface area contributed by atoms with E-state index in [-0.39, 0.29) is 5.39 Å². The van der Waals surface area contributed by atoms with Gasteiger partial charge in [-0.3, -0.25) is 4.98 Å². The normalized spacial score (nSPS) is 11.9. The van der Waals surface area contributed by atoms with Gasteiger partial charge in [0.15, 0.2) is 0 Å². The predicted molar refractivity (Wildman–Crippen MR) is 70.9 cm³/mol. The van der Waals surface area contributed by atoms with Gasteiger partial charge < -0.3 is 10.7 Å².